The molecule has 3 aromatic carbocycles. The van der Waals surface area contributed by atoms with Crippen molar-refractivity contribution in [1.82, 2.24) is 14.4 Å². The number of halogens is 1. The molecule has 0 spiro atoms. The summed E-state index contributed by atoms with van der Waals surface area (Å²) in [4.78, 5) is 22.2. The zero-order valence-corrected chi connectivity index (χ0v) is 14.8. The van der Waals surface area contributed by atoms with E-state index >= 15 is 0 Å². The summed E-state index contributed by atoms with van der Waals surface area (Å²) in [7, 11) is 0. The Bertz CT molecular complexity index is 1330. The Morgan fingerprint density at radius 3 is 2.37 bits per heavy atom. The number of carbonyl (C=O) groups is 1. The van der Waals surface area contributed by atoms with Crippen molar-refractivity contribution in [2.45, 2.75) is 0 Å². The minimum Gasteiger partial charge on any atom is -0.291 e. The Morgan fingerprint density at radius 1 is 0.852 bits per heavy atom. The van der Waals surface area contributed by atoms with Gasteiger partial charge in [-0.2, -0.15) is 0 Å². The standard InChI is InChI=1S/C21H13ClN4O/c22-14-11-9-13(10-12-14)20(27)25-21-24-16-6-2-1-5-15(16)19-23-17-7-3-4-8-18(17)26(19)21/h1-12H,(H,24,25,27). The van der Waals surface area contributed by atoms with Crippen molar-refractivity contribution in [1.29, 1.82) is 0 Å². The second-order valence-electron chi connectivity index (χ2n) is 6.17. The van der Waals surface area contributed by atoms with Gasteiger partial charge in [0.15, 0.2) is 0 Å². The van der Waals surface area contributed by atoms with E-state index in [1.54, 1.807) is 24.3 Å². The van der Waals surface area contributed by atoms with E-state index in [0.717, 1.165) is 27.6 Å². The summed E-state index contributed by atoms with van der Waals surface area (Å²) in [6, 6.07) is 22.3. The summed E-state index contributed by atoms with van der Waals surface area (Å²) < 4.78 is 1.88. The minimum absolute atomic E-state index is 0.256. The molecule has 27 heavy (non-hydrogen) atoms. The van der Waals surface area contributed by atoms with Gasteiger partial charge in [-0.25, -0.2) is 9.97 Å². The lowest BCUT2D eigenvalue weighted by Crippen LogP contribution is -2.15. The first-order valence-corrected chi connectivity index (χ1v) is 8.81. The molecular weight excluding hydrogens is 360 g/mol. The van der Waals surface area contributed by atoms with Crippen LogP contribution in [0.15, 0.2) is 72.8 Å². The van der Waals surface area contributed by atoms with Crippen molar-refractivity contribution >= 4 is 51.0 Å². The largest absolute Gasteiger partial charge is 0.291 e. The molecule has 2 heterocycles. The molecule has 0 radical (unpaired) electrons. The minimum atomic E-state index is -0.256. The van der Waals surface area contributed by atoms with Crippen LogP contribution in [0.5, 0.6) is 0 Å². The van der Waals surface area contributed by atoms with E-state index in [1.807, 2.05) is 52.9 Å². The van der Waals surface area contributed by atoms with Crippen molar-refractivity contribution in [3.05, 3.63) is 83.4 Å². The van der Waals surface area contributed by atoms with Crippen molar-refractivity contribution < 1.29 is 4.79 Å². The number of hydrogen-bond donors (Lipinski definition) is 1. The van der Waals surface area contributed by atoms with E-state index in [0.29, 0.717) is 16.5 Å². The number of fused-ring (bicyclic) bond motifs is 5. The number of nitrogens with one attached hydrogen (secondary N) is 1. The first kappa shape index (κ1) is 15.8. The molecule has 0 saturated heterocycles. The summed E-state index contributed by atoms with van der Waals surface area (Å²) >= 11 is 5.91. The van der Waals surface area contributed by atoms with Crippen LogP contribution in [0.25, 0.3) is 27.6 Å². The summed E-state index contributed by atoms with van der Waals surface area (Å²) in [5.41, 5.74) is 3.77. The second-order valence-corrected chi connectivity index (χ2v) is 6.61. The average molecular weight is 373 g/mol. The predicted octanol–water partition coefficient (Wildman–Crippen LogP) is 4.94. The quantitative estimate of drug-likeness (QED) is 0.477. The summed E-state index contributed by atoms with van der Waals surface area (Å²) in [6.07, 6.45) is 0. The molecule has 5 nitrogen and oxygen atoms in total. The van der Waals surface area contributed by atoms with Gasteiger partial charge in [-0.1, -0.05) is 35.9 Å². The monoisotopic (exact) mass is 372 g/mol. The number of amides is 1. The molecular formula is C21H13ClN4O. The number of benzene rings is 3. The third kappa shape index (κ3) is 2.60. The summed E-state index contributed by atoms with van der Waals surface area (Å²) in [6.45, 7) is 0. The van der Waals surface area contributed by atoms with Crippen LogP contribution in [0.4, 0.5) is 5.95 Å². The van der Waals surface area contributed by atoms with Gasteiger partial charge in [0, 0.05) is 16.0 Å². The average Bonchev–Trinajstić information content (AvgIpc) is 3.09. The molecule has 5 rings (SSSR count). The van der Waals surface area contributed by atoms with Gasteiger partial charge in [0.25, 0.3) is 5.91 Å². The first-order valence-electron chi connectivity index (χ1n) is 8.43. The zero-order valence-electron chi connectivity index (χ0n) is 14.1. The molecule has 0 bridgehead atoms. The Kier molecular flexibility index (Phi) is 3.55. The van der Waals surface area contributed by atoms with E-state index in [2.05, 4.69) is 10.3 Å². The van der Waals surface area contributed by atoms with Gasteiger partial charge >= 0.3 is 0 Å². The van der Waals surface area contributed by atoms with Crippen LogP contribution >= 0.6 is 11.6 Å². The van der Waals surface area contributed by atoms with Gasteiger partial charge < -0.3 is 0 Å². The van der Waals surface area contributed by atoms with Crippen LogP contribution in [0, 0.1) is 0 Å². The number of rotatable bonds is 2. The molecule has 1 amide bonds. The molecule has 0 fully saturated rings. The lowest BCUT2D eigenvalue weighted by molar-refractivity contribution is 0.102. The van der Waals surface area contributed by atoms with Crippen LogP contribution in [0.1, 0.15) is 10.4 Å². The molecule has 6 heteroatoms. The molecule has 0 aliphatic carbocycles. The van der Waals surface area contributed by atoms with Crippen LogP contribution in [0.3, 0.4) is 0 Å². The molecule has 2 aromatic heterocycles. The van der Waals surface area contributed by atoms with Gasteiger partial charge in [-0.15, -0.1) is 0 Å². The highest BCUT2D eigenvalue weighted by Crippen LogP contribution is 2.26. The summed E-state index contributed by atoms with van der Waals surface area (Å²) in [5, 5.41) is 4.43. The SMILES string of the molecule is O=C(Nc1nc2ccccc2c2nc3ccccc3n12)c1ccc(Cl)cc1. The van der Waals surface area contributed by atoms with E-state index in [9.17, 15) is 4.79 Å². The molecule has 130 valence electrons. The fourth-order valence-corrected chi connectivity index (χ4v) is 3.33. The smallest absolute Gasteiger partial charge is 0.257 e. The lowest BCUT2D eigenvalue weighted by Gasteiger charge is -2.10. The fraction of sp³-hybridized carbons (Fsp3) is 0. The number of anilines is 1. The Hall–Kier alpha value is -3.44. The highest BCUT2D eigenvalue weighted by Gasteiger charge is 2.16. The molecule has 5 aromatic rings. The molecule has 0 saturated carbocycles. The highest BCUT2D eigenvalue weighted by atomic mass is 35.5. The number of hydrogen-bond acceptors (Lipinski definition) is 3. The lowest BCUT2D eigenvalue weighted by atomic mass is 10.2. The van der Waals surface area contributed by atoms with E-state index in [-0.39, 0.29) is 5.91 Å². The van der Waals surface area contributed by atoms with E-state index in [4.69, 9.17) is 16.6 Å². The van der Waals surface area contributed by atoms with Crippen LogP contribution < -0.4 is 5.32 Å². The molecule has 0 unspecified atom stereocenters. The maximum absolute atomic E-state index is 12.7. The number of nitrogens with zero attached hydrogens (tertiary/aromatic N) is 3. The van der Waals surface area contributed by atoms with Gasteiger partial charge in [0.05, 0.1) is 16.6 Å². The predicted molar refractivity (Wildman–Crippen MR) is 107 cm³/mol. The fourth-order valence-electron chi connectivity index (χ4n) is 3.20. The molecule has 0 atom stereocenters. The molecule has 1 N–H and O–H groups in total. The highest BCUT2D eigenvalue weighted by molar-refractivity contribution is 6.30. The number of para-hydroxylation sites is 3. The first-order chi connectivity index (χ1) is 13.2. The molecule has 0 aliphatic heterocycles. The maximum atomic E-state index is 12.7. The number of imidazole rings is 1. The maximum Gasteiger partial charge on any atom is 0.257 e. The topological polar surface area (TPSA) is 59.3 Å². The second kappa shape index (κ2) is 6.07. The number of carbonyl (C=O) groups excluding carboxylic acids is 1. The Morgan fingerprint density at radius 2 is 1.56 bits per heavy atom. The van der Waals surface area contributed by atoms with E-state index in [1.165, 1.54) is 0 Å². The van der Waals surface area contributed by atoms with Gasteiger partial charge in [-0.05, 0) is 48.5 Å². The van der Waals surface area contributed by atoms with Crippen molar-refractivity contribution in [2.75, 3.05) is 5.32 Å². The molecule has 0 aliphatic rings. The Labute approximate surface area is 159 Å². The van der Waals surface area contributed by atoms with Crippen molar-refractivity contribution in [2.24, 2.45) is 0 Å². The number of aromatic nitrogens is 3. The van der Waals surface area contributed by atoms with Gasteiger partial charge in [-0.3, -0.25) is 14.5 Å². The van der Waals surface area contributed by atoms with Crippen LogP contribution in [0.2, 0.25) is 5.02 Å². The van der Waals surface area contributed by atoms with Crippen LogP contribution in [-0.4, -0.2) is 20.3 Å². The summed E-state index contributed by atoms with van der Waals surface area (Å²) in [5.74, 6) is 0.172. The van der Waals surface area contributed by atoms with Crippen molar-refractivity contribution in [3.63, 3.8) is 0 Å². The Balaban J connectivity index is 1.74. The van der Waals surface area contributed by atoms with Crippen molar-refractivity contribution in [3.8, 4) is 0 Å². The third-order valence-electron chi connectivity index (χ3n) is 4.48. The van der Waals surface area contributed by atoms with Gasteiger partial charge in [0.1, 0.15) is 5.65 Å². The van der Waals surface area contributed by atoms with Gasteiger partial charge in [0.2, 0.25) is 5.95 Å². The third-order valence-corrected chi connectivity index (χ3v) is 4.73. The van der Waals surface area contributed by atoms with Crippen LogP contribution in [-0.2, 0) is 0 Å². The van der Waals surface area contributed by atoms with E-state index < -0.39 is 0 Å². The zero-order chi connectivity index (χ0) is 18.4. The normalized spacial score (nSPS) is 11.3.